The zero-order valence-corrected chi connectivity index (χ0v) is 32.7. The van der Waals surface area contributed by atoms with Crippen LogP contribution in [0.3, 0.4) is 0 Å². The number of sulfonamides is 1. The number of halogens is 4. The third kappa shape index (κ3) is 10.1. The molecule has 1 N–H and O–H groups in total. The monoisotopic (exact) mass is 845 g/mol. The molecule has 4 heterocycles. The average molecular weight is 847 g/mol. The van der Waals surface area contributed by atoms with E-state index in [1.165, 1.54) is 42.5 Å². The number of fused-ring (bicyclic) bond motifs is 3. The Bertz CT molecular complexity index is 2170. The molecule has 4 aromatic rings. The highest BCUT2D eigenvalue weighted by atomic mass is 35.5. The summed E-state index contributed by atoms with van der Waals surface area (Å²) in [4.78, 5) is 29.3. The van der Waals surface area contributed by atoms with Crippen LogP contribution in [0.25, 0.3) is 0 Å². The Labute approximate surface area is 338 Å². The standard InChI is InChI=1S/C40H39Cl2F2N3O9S/c41-31-20-47(50)21-32(42)30(31)19-34(28-10-13-33(56-40(43)44)35(18-28)53-23-24-6-7-24)54-38(48)27-8-11-29(12-9-27)57(51,52)45-37(26-4-2-1-3-5-26)39(49)55-36-22-46-16-14-25(36)15-17-46/h1-5,8-13,18,20-21,24-25,34,36-37,40,45H,6-7,14-17,19,22-23H2/t34?,36-,37?/m0/s1. The lowest BCUT2D eigenvalue weighted by molar-refractivity contribution is -0.605. The van der Waals surface area contributed by atoms with E-state index in [0.29, 0.717) is 22.4 Å². The second-order valence-electron chi connectivity index (χ2n) is 14.3. The Morgan fingerprint density at radius 1 is 0.912 bits per heavy atom. The number of hydrogen-bond donors (Lipinski definition) is 1. The molecular weight excluding hydrogens is 807 g/mol. The molecule has 0 spiro atoms. The number of piperidine rings is 3. The number of ether oxygens (including phenoxy) is 4. The molecule has 302 valence electrons. The first-order chi connectivity index (χ1) is 27.3. The molecule has 8 rings (SSSR count). The summed E-state index contributed by atoms with van der Waals surface area (Å²) in [6, 6.07) is 16.1. The second-order valence-corrected chi connectivity index (χ2v) is 16.9. The maximum absolute atomic E-state index is 13.7. The van der Waals surface area contributed by atoms with E-state index >= 15 is 0 Å². The smallest absolute Gasteiger partial charge is 0.387 e. The van der Waals surface area contributed by atoms with E-state index < -0.39 is 40.7 Å². The van der Waals surface area contributed by atoms with Crippen LogP contribution in [-0.4, -0.2) is 64.2 Å². The van der Waals surface area contributed by atoms with E-state index in [2.05, 4.69) is 14.4 Å². The minimum absolute atomic E-state index is 0.00639. The van der Waals surface area contributed by atoms with Gasteiger partial charge in [0, 0.05) is 18.5 Å². The first kappa shape index (κ1) is 40.6. The van der Waals surface area contributed by atoms with Gasteiger partial charge in [-0.05, 0) is 98.1 Å². The van der Waals surface area contributed by atoms with Crippen molar-refractivity contribution in [3.8, 4) is 11.5 Å². The Kier molecular flexibility index (Phi) is 12.5. The van der Waals surface area contributed by atoms with Crippen LogP contribution in [0.1, 0.15) is 64.9 Å². The van der Waals surface area contributed by atoms with Gasteiger partial charge in [0.15, 0.2) is 23.9 Å². The number of alkyl halides is 2. The van der Waals surface area contributed by atoms with E-state index in [1.54, 1.807) is 30.3 Å². The van der Waals surface area contributed by atoms with Crippen molar-refractivity contribution in [3.63, 3.8) is 0 Å². The first-order valence-corrected chi connectivity index (χ1v) is 20.7. The lowest BCUT2D eigenvalue weighted by Crippen LogP contribution is -2.52. The molecule has 0 amide bonds. The van der Waals surface area contributed by atoms with Gasteiger partial charge in [-0.15, -0.1) is 0 Å². The molecule has 17 heteroatoms. The molecule has 1 saturated carbocycles. The highest BCUT2D eigenvalue weighted by Crippen LogP contribution is 2.38. The summed E-state index contributed by atoms with van der Waals surface area (Å²) in [5.74, 6) is -1.31. The minimum atomic E-state index is -4.34. The van der Waals surface area contributed by atoms with Gasteiger partial charge in [0.2, 0.25) is 10.0 Å². The van der Waals surface area contributed by atoms with Crippen LogP contribution in [0.15, 0.2) is 90.1 Å². The van der Waals surface area contributed by atoms with Crippen LogP contribution in [0.5, 0.6) is 11.5 Å². The summed E-state index contributed by atoms with van der Waals surface area (Å²) in [7, 11) is -4.34. The molecule has 2 unspecified atom stereocenters. The summed E-state index contributed by atoms with van der Waals surface area (Å²) in [5.41, 5.74) is 0.939. The molecule has 1 aromatic heterocycles. The Morgan fingerprint density at radius 3 is 2.21 bits per heavy atom. The van der Waals surface area contributed by atoms with E-state index in [-0.39, 0.29) is 68.5 Å². The number of aromatic nitrogens is 1. The number of carbonyl (C=O) groups is 2. The van der Waals surface area contributed by atoms with E-state index in [1.807, 2.05) is 0 Å². The Balaban J connectivity index is 1.11. The Morgan fingerprint density at radius 2 is 1.60 bits per heavy atom. The Hall–Kier alpha value is -4.54. The van der Waals surface area contributed by atoms with Crippen LogP contribution < -0.4 is 18.9 Å². The fraction of sp³-hybridized carbons (Fsp3) is 0.375. The van der Waals surface area contributed by atoms with Crippen molar-refractivity contribution in [2.75, 3.05) is 26.2 Å². The molecule has 3 saturated heterocycles. The van der Waals surface area contributed by atoms with Gasteiger partial charge >= 0.3 is 18.6 Å². The molecule has 12 nitrogen and oxygen atoms in total. The number of nitrogens with zero attached hydrogens (tertiary/aromatic N) is 2. The zero-order valence-electron chi connectivity index (χ0n) is 30.4. The van der Waals surface area contributed by atoms with Crippen LogP contribution in [0, 0.1) is 17.0 Å². The van der Waals surface area contributed by atoms with Crippen molar-refractivity contribution >= 4 is 45.2 Å². The van der Waals surface area contributed by atoms with Crippen LogP contribution in [0.2, 0.25) is 10.0 Å². The van der Waals surface area contributed by atoms with Crippen molar-refractivity contribution in [3.05, 3.63) is 123 Å². The van der Waals surface area contributed by atoms with Gasteiger partial charge in [-0.3, -0.25) is 4.90 Å². The molecule has 0 radical (unpaired) electrons. The van der Waals surface area contributed by atoms with Gasteiger partial charge in [0.1, 0.15) is 28.3 Å². The number of hydrogen-bond acceptors (Lipinski definition) is 10. The maximum Gasteiger partial charge on any atom is 0.387 e. The first-order valence-electron chi connectivity index (χ1n) is 18.4. The van der Waals surface area contributed by atoms with Gasteiger partial charge in [-0.25, -0.2) is 18.0 Å². The molecule has 3 aromatic carbocycles. The SMILES string of the molecule is O=C(OC(Cc1c(Cl)c[n+]([O-])cc1Cl)c1ccc(OC(F)F)c(OCC2CC2)c1)c1ccc(S(=O)(=O)NC(C(=O)O[C@H]2CN3CCC2CC3)c2ccccc2)cc1. The van der Waals surface area contributed by atoms with Crippen LogP contribution >= 0.6 is 23.2 Å². The summed E-state index contributed by atoms with van der Waals surface area (Å²) in [5, 5.41) is 11.9. The zero-order chi connectivity index (χ0) is 40.3. The molecule has 57 heavy (non-hydrogen) atoms. The van der Waals surface area contributed by atoms with Crippen LogP contribution in [0.4, 0.5) is 8.78 Å². The van der Waals surface area contributed by atoms with Gasteiger partial charge in [-0.1, -0.05) is 59.6 Å². The number of pyridine rings is 1. The van der Waals surface area contributed by atoms with Crippen LogP contribution in [-0.2, 0) is 30.7 Å². The van der Waals surface area contributed by atoms with Gasteiger partial charge in [0.05, 0.1) is 17.1 Å². The maximum atomic E-state index is 13.7. The van der Waals surface area contributed by atoms with Gasteiger partial charge in [0.25, 0.3) is 0 Å². The fourth-order valence-corrected chi connectivity index (χ4v) is 8.78. The fourth-order valence-electron chi connectivity index (χ4n) is 7.01. The third-order valence-electron chi connectivity index (χ3n) is 10.3. The van der Waals surface area contributed by atoms with Gasteiger partial charge in [-0.2, -0.15) is 18.2 Å². The quantitative estimate of drug-likeness (QED) is 0.0725. The van der Waals surface area contributed by atoms with Crippen molar-refractivity contribution in [1.82, 2.24) is 9.62 Å². The van der Waals surface area contributed by atoms with Crippen molar-refractivity contribution in [2.45, 2.75) is 61.9 Å². The molecular formula is C40H39Cl2F2N3O9S. The van der Waals surface area contributed by atoms with E-state index in [9.17, 15) is 32.0 Å². The summed E-state index contributed by atoms with van der Waals surface area (Å²) in [6.45, 7) is -0.368. The molecule has 4 aliphatic rings. The molecule has 1 aliphatic carbocycles. The second kappa shape index (κ2) is 17.5. The third-order valence-corrected chi connectivity index (χ3v) is 12.4. The minimum Gasteiger partial charge on any atom is -0.619 e. The summed E-state index contributed by atoms with van der Waals surface area (Å²) >= 11 is 12.8. The number of nitrogens with one attached hydrogen (secondary N) is 1. The highest BCUT2D eigenvalue weighted by molar-refractivity contribution is 7.89. The van der Waals surface area contributed by atoms with Crippen molar-refractivity contribution in [1.29, 1.82) is 0 Å². The normalized spacial score (nSPS) is 20.1. The highest BCUT2D eigenvalue weighted by Gasteiger charge is 2.39. The predicted octanol–water partition coefficient (Wildman–Crippen LogP) is 6.81. The van der Waals surface area contributed by atoms with E-state index in [0.717, 1.165) is 51.2 Å². The summed E-state index contributed by atoms with van der Waals surface area (Å²) in [6.07, 6.45) is 4.21. The van der Waals surface area contributed by atoms with Gasteiger partial charge < -0.3 is 24.2 Å². The average Bonchev–Trinajstić information content (AvgIpc) is 4.03. The molecule has 3 aliphatic heterocycles. The topological polar surface area (TPSA) is 147 Å². The number of rotatable bonds is 16. The van der Waals surface area contributed by atoms with E-state index in [4.69, 9.17) is 37.4 Å². The number of benzene rings is 3. The molecule has 2 bridgehead atoms. The van der Waals surface area contributed by atoms with Crippen molar-refractivity contribution < 1.29 is 50.5 Å². The summed E-state index contributed by atoms with van der Waals surface area (Å²) < 4.78 is 79.3. The largest absolute Gasteiger partial charge is 0.619 e. The molecule has 3 atom stereocenters. The lowest BCUT2D eigenvalue weighted by atomic mass is 9.86. The lowest BCUT2D eigenvalue weighted by Gasteiger charge is -2.44. The number of esters is 2. The number of carbonyl (C=O) groups excluding carboxylic acids is 2. The van der Waals surface area contributed by atoms with Crippen molar-refractivity contribution in [2.24, 2.45) is 11.8 Å². The molecule has 4 fully saturated rings. The predicted molar refractivity (Wildman–Crippen MR) is 204 cm³/mol.